The SMILES string of the molecule is C[Si](C)[Si](C)(C)Br. The molecular weight excluding hydrogens is 184 g/mol. The Hall–Kier alpha value is 0.914. The van der Waals surface area contributed by atoms with E-state index in [4.69, 9.17) is 0 Å². The van der Waals surface area contributed by atoms with Crippen LogP contribution >= 0.6 is 15.3 Å². The molecule has 0 bridgehead atoms. The van der Waals surface area contributed by atoms with Crippen molar-refractivity contribution in [3.8, 4) is 0 Å². The molecule has 0 saturated heterocycles. The van der Waals surface area contributed by atoms with Gasteiger partial charge in [0.1, 0.15) is 6.21 Å². The maximum absolute atomic E-state index is 3.73. The van der Waals surface area contributed by atoms with Crippen molar-refractivity contribution in [2.45, 2.75) is 26.2 Å². The van der Waals surface area contributed by atoms with Crippen LogP contribution in [0.3, 0.4) is 0 Å². The summed E-state index contributed by atoms with van der Waals surface area (Å²) in [4.78, 5) is 0. The molecule has 0 spiro atoms. The van der Waals surface area contributed by atoms with Crippen molar-refractivity contribution in [2.24, 2.45) is 0 Å². The maximum Gasteiger partial charge on any atom is 0.113 e. The van der Waals surface area contributed by atoms with Gasteiger partial charge >= 0.3 is 0 Å². The van der Waals surface area contributed by atoms with Gasteiger partial charge in [0.15, 0.2) is 0 Å². The van der Waals surface area contributed by atoms with Crippen LogP contribution < -0.4 is 0 Å². The summed E-state index contributed by atoms with van der Waals surface area (Å²) in [5, 5.41) is 0. The van der Waals surface area contributed by atoms with Crippen molar-refractivity contribution < 1.29 is 0 Å². The lowest BCUT2D eigenvalue weighted by atomic mass is 11.9. The molecule has 1 radical (unpaired) electrons. The van der Waals surface area contributed by atoms with E-state index in [1.165, 1.54) is 0 Å². The monoisotopic (exact) mass is 195 g/mol. The van der Waals surface area contributed by atoms with E-state index in [2.05, 4.69) is 41.5 Å². The first-order chi connectivity index (χ1) is 2.94. The second kappa shape index (κ2) is 2.46. The number of hydrogen-bond acceptors (Lipinski definition) is 0. The molecule has 0 saturated carbocycles. The van der Waals surface area contributed by atoms with Crippen LogP contribution in [-0.2, 0) is 0 Å². The quantitative estimate of drug-likeness (QED) is 0.446. The van der Waals surface area contributed by atoms with E-state index in [9.17, 15) is 0 Å². The lowest BCUT2D eigenvalue weighted by molar-refractivity contribution is 1.96. The molecule has 0 aliphatic heterocycles. The van der Waals surface area contributed by atoms with Crippen LogP contribution in [0.4, 0.5) is 0 Å². The molecule has 0 N–H and O–H groups in total. The second-order valence-electron chi connectivity index (χ2n) is 2.47. The van der Waals surface area contributed by atoms with Crippen molar-refractivity contribution in [3.63, 3.8) is 0 Å². The minimum atomic E-state index is -0.820. The Morgan fingerprint density at radius 2 is 1.43 bits per heavy atom. The zero-order valence-corrected chi connectivity index (χ0v) is 8.96. The van der Waals surface area contributed by atoms with Gasteiger partial charge < -0.3 is 0 Å². The molecule has 0 aromatic rings. The van der Waals surface area contributed by atoms with E-state index in [0.29, 0.717) is 0 Å². The standard InChI is InChI=1S/C4H12BrSi2/c1-6(2)7(3,4)5/h1-4H3. The highest BCUT2D eigenvalue weighted by molar-refractivity contribution is 9.27. The van der Waals surface area contributed by atoms with Gasteiger partial charge in [0.25, 0.3) is 0 Å². The first-order valence-electron chi connectivity index (χ1n) is 2.44. The van der Waals surface area contributed by atoms with E-state index in [1.807, 2.05) is 0 Å². The molecule has 43 valence electrons. The molecule has 0 amide bonds. The van der Waals surface area contributed by atoms with Gasteiger partial charge in [0, 0.05) is 8.31 Å². The van der Waals surface area contributed by atoms with E-state index in [1.54, 1.807) is 0 Å². The van der Waals surface area contributed by atoms with Gasteiger partial charge in [-0.15, -0.1) is 15.3 Å². The third kappa shape index (κ3) is 3.49. The van der Waals surface area contributed by atoms with Gasteiger partial charge in [0.2, 0.25) is 0 Å². The van der Waals surface area contributed by atoms with Crippen molar-refractivity contribution in [1.29, 1.82) is 0 Å². The van der Waals surface area contributed by atoms with Crippen LogP contribution in [-0.4, -0.2) is 14.5 Å². The average molecular weight is 196 g/mol. The minimum absolute atomic E-state index is 0.00540. The molecule has 0 heterocycles. The topological polar surface area (TPSA) is 0 Å². The first kappa shape index (κ1) is 7.91. The second-order valence-corrected chi connectivity index (χ2v) is 22.3. The number of halogens is 1. The van der Waals surface area contributed by atoms with Gasteiger partial charge in [-0.05, 0) is 0 Å². The summed E-state index contributed by atoms with van der Waals surface area (Å²) in [5.74, 6) is 0. The van der Waals surface area contributed by atoms with Crippen LogP contribution in [0.15, 0.2) is 0 Å². The summed E-state index contributed by atoms with van der Waals surface area (Å²) < 4.78 is 0. The van der Waals surface area contributed by atoms with Crippen molar-refractivity contribution in [1.82, 2.24) is 0 Å². The molecule has 0 aliphatic rings. The maximum atomic E-state index is 3.73. The molecular formula is C4H12BrSi2. The first-order valence-corrected chi connectivity index (χ1v) is 11.2. The van der Waals surface area contributed by atoms with Gasteiger partial charge in [-0.1, -0.05) is 26.2 Å². The normalized spacial score (nSPS) is 12.9. The number of rotatable bonds is 1. The Balaban J connectivity index is 3.54. The van der Waals surface area contributed by atoms with Crippen molar-refractivity contribution >= 4 is 29.8 Å². The third-order valence-electron chi connectivity index (χ3n) is 1.19. The Labute approximate surface area is 56.3 Å². The fourth-order valence-electron chi connectivity index (χ4n) is 0. The summed E-state index contributed by atoms with van der Waals surface area (Å²) in [6.45, 7) is 9.46. The molecule has 0 aliphatic carbocycles. The lowest BCUT2D eigenvalue weighted by Gasteiger charge is -2.15. The molecule has 3 heteroatoms. The Morgan fingerprint density at radius 3 is 1.43 bits per heavy atom. The summed E-state index contributed by atoms with van der Waals surface area (Å²) >= 11 is 3.73. The van der Waals surface area contributed by atoms with Crippen LogP contribution in [0.25, 0.3) is 0 Å². The summed E-state index contributed by atoms with van der Waals surface area (Å²) in [7, 11) is 0.00540. The summed E-state index contributed by atoms with van der Waals surface area (Å²) in [6, 6.07) is 0. The van der Waals surface area contributed by atoms with Crippen LogP contribution in [0.5, 0.6) is 0 Å². The van der Waals surface area contributed by atoms with Crippen molar-refractivity contribution in [2.75, 3.05) is 0 Å². The molecule has 0 aromatic heterocycles. The van der Waals surface area contributed by atoms with Gasteiger partial charge in [-0.25, -0.2) is 0 Å². The highest BCUT2D eigenvalue weighted by atomic mass is 79.9. The van der Waals surface area contributed by atoms with Gasteiger partial charge in [0.05, 0.1) is 0 Å². The number of hydrogen-bond donors (Lipinski definition) is 0. The van der Waals surface area contributed by atoms with Crippen LogP contribution in [0.1, 0.15) is 0 Å². The van der Waals surface area contributed by atoms with Crippen molar-refractivity contribution in [3.05, 3.63) is 0 Å². The Bertz CT molecular complexity index is 55.2. The highest BCUT2D eigenvalue weighted by Crippen LogP contribution is 2.13. The van der Waals surface area contributed by atoms with Gasteiger partial charge in [-0.3, -0.25) is 0 Å². The van der Waals surface area contributed by atoms with E-state index in [0.717, 1.165) is 0 Å². The smallest absolute Gasteiger partial charge is 0.113 e. The minimum Gasteiger partial charge on any atom is -0.131 e. The predicted octanol–water partition coefficient (Wildman–Crippen LogP) is 2.42. The zero-order valence-electron chi connectivity index (χ0n) is 5.38. The molecule has 0 atom stereocenters. The third-order valence-corrected chi connectivity index (χ3v) is 17.8. The highest BCUT2D eigenvalue weighted by Gasteiger charge is 2.21. The molecule has 0 rings (SSSR count). The summed E-state index contributed by atoms with van der Waals surface area (Å²) in [5.41, 5.74) is 0. The predicted molar refractivity (Wildman–Crippen MR) is 43.9 cm³/mol. The zero-order chi connectivity index (χ0) is 6.08. The van der Waals surface area contributed by atoms with E-state index < -0.39 is 6.21 Å². The Morgan fingerprint density at radius 1 is 1.29 bits per heavy atom. The lowest BCUT2D eigenvalue weighted by Crippen LogP contribution is -2.33. The summed E-state index contributed by atoms with van der Waals surface area (Å²) in [6.07, 6.45) is -0.820. The van der Waals surface area contributed by atoms with Crippen LogP contribution in [0, 0.1) is 0 Å². The molecule has 0 fully saturated rings. The van der Waals surface area contributed by atoms with Crippen LogP contribution in [0.2, 0.25) is 26.2 Å². The Kier molecular flexibility index (Phi) is 2.78. The fourth-order valence-corrected chi connectivity index (χ4v) is 0. The molecule has 0 nitrogen and oxygen atoms in total. The molecule has 7 heavy (non-hydrogen) atoms. The average Bonchev–Trinajstić information content (AvgIpc) is 1.31. The van der Waals surface area contributed by atoms with E-state index in [-0.39, 0.29) is 8.31 Å². The molecule has 0 unspecified atom stereocenters. The fraction of sp³-hybridized carbons (Fsp3) is 1.00. The van der Waals surface area contributed by atoms with E-state index >= 15 is 0 Å². The largest absolute Gasteiger partial charge is 0.131 e. The molecule has 0 aromatic carbocycles. The van der Waals surface area contributed by atoms with Gasteiger partial charge in [-0.2, -0.15) is 0 Å².